The van der Waals surface area contributed by atoms with Crippen molar-refractivity contribution in [3.05, 3.63) is 71.1 Å². The molecule has 2 rings (SSSR count). The van der Waals surface area contributed by atoms with Gasteiger partial charge in [0.1, 0.15) is 17.5 Å². The first kappa shape index (κ1) is 14.5. The molecule has 1 aromatic carbocycles. The van der Waals surface area contributed by atoms with Crippen LogP contribution >= 0.6 is 0 Å². The number of nitriles is 1. The molecule has 1 N–H and O–H groups in total. The van der Waals surface area contributed by atoms with Gasteiger partial charge in [0, 0.05) is 17.5 Å². The minimum Gasteiger partial charge on any atom is -0.343 e. The SMILES string of the molecule is C/C(Nc1ccccn1)=C(/C#N)C(=O)c1ccc(C)cc1. The highest BCUT2D eigenvalue weighted by Gasteiger charge is 2.15. The maximum atomic E-state index is 12.4. The summed E-state index contributed by atoms with van der Waals surface area (Å²) < 4.78 is 0. The molecule has 4 nitrogen and oxygen atoms in total. The molecule has 4 heteroatoms. The van der Waals surface area contributed by atoms with E-state index >= 15 is 0 Å². The standard InChI is InChI=1S/C17H15N3O/c1-12-6-8-14(9-7-12)17(21)15(11-18)13(2)20-16-5-3-4-10-19-16/h3-10H,1-2H3,(H,19,20)/b15-13+. The Hall–Kier alpha value is -2.93. The lowest BCUT2D eigenvalue weighted by Crippen LogP contribution is -2.09. The molecule has 0 saturated heterocycles. The number of nitrogens with zero attached hydrogens (tertiary/aromatic N) is 2. The minimum absolute atomic E-state index is 0.0875. The van der Waals surface area contributed by atoms with Crippen molar-refractivity contribution in [1.82, 2.24) is 4.98 Å². The highest BCUT2D eigenvalue weighted by Crippen LogP contribution is 2.14. The molecule has 0 saturated carbocycles. The molecule has 0 bridgehead atoms. The minimum atomic E-state index is -0.293. The molecule has 104 valence electrons. The molecule has 1 aromatic heterocycles. The fraction of sp³-hybridized carbons (Fsp3) is 0.118. The van der Waals surface area contributed by atoms with Crippen LogP contribution in [0.25, 0.3) is 0 Å². The number of Topliss-reactive ketones (excluding diaryl/α,β-unsaturated/α-hetero) is 1. The topological polar surface area (TPSA) is 65.8 Å². The van der Waals surface area contributed by atoms with Crippen molar-refractivity contribution >= 4 is 11.6 Å². The van der Waals surface area contributed by atoms with Gasteiger partial charge in [-0.2, -0.15) is 5.26 Å². The number of anilines is 1. The molecule has 0 radical (unpaired) electrons. The molecule has 0 unspecified atom stereocenters. The fourth-order valence-corrected chi connectivity index (χ4v) is 1.85. The molecule has 0 spiro atoms. The second-order valence-electron chi connectivity index (χ2n) is 4.65. The summed E-state index contributed by atoms with van der Waals surface area (Å²) in [6, 6.07) is 14.5. The van der Waals surface area contributed by atoms with Gasteiger partial charge in [-0.3, -0.25) is 4.79 Å². The summed E-state index contributed by atoms with van der Waals surface area (Å²) in [6.45, 7) is 3.64. The number of aromatic nitrogens is 1. The van der Waals surface area contributed by atoms with E-state index in [9.17, 15) is 10.1 Å². The molecule has 0 aliphatic heterocycles. The number of ketones is 1. The number of pyridine rings is 1. The quantitative estimate of drug-likeness (QED) is 0.528. The molecule has 21 heavy (non-hydrogen) atoms. The summed E-state index contributed by atoms with van der Waals surface area (Å²) in [6.07, 6.45) is 1.64. The van der Waals surface area contributed by atoms with Gasteiger partial charge in [0.05, 0.1) is 0 Å². The Bertz CT molecular complexity index is 710. The van der Waals surface area contributed by atoms with Gasteiger partial charge in [0.2, 0.25) is 5.78 Å². The number of hydrogen-bond acceptors (Lipinski definition) is 4. The van der Waals surface area contributed by atoms with Crippen molar-refractivity contribution in [3.63, 3.8) is 0 Å². The number of rotatable bonds is 4. The Morgan fingerprint density at radius 1 is 1.19 bits per heavy atom. The van der Waals surface area contributed by atoms with Crippen LogP contribution in [0.5, 0.6) is 0 Å². The Kier molecular flexibility index (Phi) is 4.47. The Labute approximate surface area is 123 Å². The first-order valence-electron chi connectivity index (χ1n) is 6.52. The lowest BCUT2D eigenvalue weighted by molar-refractivity contribution is 0.103. The average molecular weight is 277 g/mol. The third kappa shape index (κ3) is 3.54. The highest BCUT2D eigenvalue weighted by atomic mass is 16.1. The van der Waals surface area contributed by atoms with E-state index in [0.29, 0.717) is 17.1 Å². The van der Waals surface area contributed by atoms with Crippen molar-refractivity contribution in [2.45, 2.75) is 13.8 Å². The number of carbonyl (C=O) groups excluding carboxylic acids is 1. The van der Waals surface area contributed by atoms with Crippen molar-refractivity contribution < 1.29 is 4.79 Å². The maximum Gasteiger partial charge on any atom is 0.205 e. The van der Waals surface area contributed by atoms with Crippen LogP contribution in [0.2, 0.25) is 0 Å². The summed E-state index contributed by atoms with van der Waals surface area (Å²) >= 11 is 0. The summed E-state index contributed by atoms with van der Waals surface area (Å²) in [5, 5.41) is 12.3. The van der Waals surface area contributed by atoms with Crippen LogP contribution in [-0.4, -0.2) is 10.8 Å². The molecule has 1 heterocycles. The van der Waals surface area contributed by atoms with E-state index in [1.807, 2.05) is 31.2 Å². The lowest BCUT2D eigenvalue weighted by atomic mass is 10.0. The molecule has 2 aromatic rings. The smallest absolute Gasteiger partial charge is 0.205 e. The van der Waals surface area contributed by atoms with Crippen LogP contribution in [0.4, 0.5) is 5.82 Å². The van der Waals surface area contributed by atoms with E-state index in [-0.39, 0.29) is 11.4 Å². The lowest BCUT2D eigenvalue weighted by Gasteiger charge is -2.08. The van der Waals surface area contributed by atoms with Crippen LogP contribution in [0.3, 0.4) is 0 Å². The number of nitrogens with one attached hydrogen (secondary N) is 1. The van der Waals surface area contributed by atoms with Gasteiger partial charge < -0.3 is 5.32 Å². The normalized spacial score (nSPS) is 11.3. The number of hydrogen-bond donors (Lipinski definition) is 1. The zero-order valence-corrected chi connectivity index (χ0v) is 11.9. The summed E-state index contributed by atoms with van der Waals surface area (Å²) in [4.78, 5) is 16.5. The van der Waals surface area contributed by atoms with E-state index in [1.165, 1.54) is 0 Å². The van der Waals surface area contributed by atoms with Crippen LogP contribution in [0, 0.1) is 18.3 Å². The predicted molar refractivity (Wildman–Crippen MR) is 81.7 cm³/mol. The maximum absolute atomic E-state index is 12.4. The Balaban J connectivity index is 2.29. The highest BCUT2D eigenvalue weighted by molar-refractivity contribution is 6.12. The number of aryl methyl sites for hydroxylation is 1. The molecular formula is C17H15N3O. The van der Waals surface area contributed by atoms with Gasteiger partial charge in [0.15, 0.2) is 0 Å². The third-order valence-electron chi connectivity index (χ3n) is 3.01. The second-order valence-corrected chi connectivity index (χ2v) is 4.65. The molecular weight excluding hydrogens is 262 g/mol. The first-order valence-corrected chi connectivity index (χ1v) is 6.52. The monoisotopic (exact) mass is 277 g/mol. The van der Waals surface area contributed by atoms with Crippen LogP contribution in [0.15, 0.2) is 59.9 Å². The van der Waals surface area contributed by atoms with E-state index < -0.39 is 0 Å². The Morgan fingerprint density at radius 2 is 1.90 bits per heavy atom. The van der Waals surface area contributed by atoms with Crippen molar-refractivity contribution in [2.24, 2.45) is 0 Å². The molecule has 0 amide bonds. The molecule has 0 aliphatic rings. The summed E-state index contributed by atoms with van der Waals surface area (Å²) in [7, 11) is 0. The Morgan fingerprint density at radius 3 is 2.48 bits per heavy atom. The van der Waals surface area contributed by atoms with Gasteiger partial charge in [-0.25, -0.2) is 4.98 Å². The third-order valence-corrected chi connectivity index (χ3v) is 3.01. The van der Waals surface area contributed by atoms with Gasteiger partial charge in [-0.15, -0.1) is 0 Å². The zero-order chi connectivity index (χ0) is 15.2. The molecule has 0 atom stereocenters. The van der Waals surface area contributed by atoms with Gasteiger partial charge >= 0.3 is 0 Å². The van der Waals surface area contributed by atoms with E-state index in [0.717, 1.165) is 5.56 Å². The van der Waals surface area contributed by atoms with Gasteiger partial charge in [0.25, 0.3) is 0 Å². The summed E-state index contributed by atoms with van der Waals surface area (Å²) in [5.41, 5.74) is 2.14. The van der Waals surface area contributed by atoms with Crippen molar-refractivity contribution in [3.8, 4) is 6.07 Å². The summed E-state index contributed by atoms with van der Waals surface area (Å²) in [5.74, 6) is 0.304. The van der Waals surface area contributed by atoms with Crippen LogP contribution in [-0.2, 0) is 0 Å². The fourth-order valence-electron chi connectivity index (χ4n) is 1.85. The van der Waals surface area contributed by atoms with Gasteiger partial charge in [-0.1, -0.05) is 35.9 Å². The number of carbonyl (C=O) groups is 1. The second kappa shape index (κ2) is 6.49. The van der Waals surface area contributed by atoms with Crippen molar-refractivity contribution in [2.75, 3.05) is 5.32 Å². The van der Waals surface area contributed by atoms with E-state index in [1.54, 1.807) is 37.4 Å². The first-order chi connectivity index (χ1) is 10.1. The zero-order valence-electron chi connectivity index (χ0n) is 11.9. The number of allylic oxidation sites excluding steroid dienone is 2. The van der Waals surface area contributed by atoms with E-state index in [4.69, 9.17) is 0 Å². The largest absolute Gasteiger partial charge is 0.343 e. The number of benzene rings is 1. The average Bonchev–Trinajstić information content (AvgIpc) is 2.49. The van der Waals surface area contributed by atoms with Crippen LogP contribution in [0.1, 0.15) is 22.8 Å². The predicted octanol–water partition coefficient (Wildman–Crippen LogP) is 3.48. The van der Waals surface area contributed by atoms with Crippen molar-refractivity contribution in [1.29, 1.82) is 5.26 Å². The van der Waals surface area contributed by atoms with Crippen LogP contribution < -0.4 is 5.32 Å². The molecule has 0 fully saturated rings. The molecule has 0 aliphatic carbocycles. The van der Waals surface area contributed by atoms with Gasteiger partial charge in [-0.05, 0) is 26.0 Å². The van der Waals surface area contributed by atoms with E-state index in [2.05, 4.69) is 10.3 Å².